The number of rotatable bonds is 3. The van der Waals surface area contributed by atoms with E-state index < -0.39 is 29.3 Å². The Morgan fingerprint density at radius 3 is 2.57 bits per heavy atom. The zero-order chi connectivity index (χ0) is 25.8. The Kier molecular flexibility index (Phi) is 5.78. The number of Topliss-reactive ketones (excluding diaryl/α,β-unsaturated/α-hetero) is 1. The maximum absolute atomic E-state index is 13.8. The predicted molar refractivity (Wildman–Crippen MR) is 138 cm³/mol. The summed E-state index contributed by atoms with van der Waals surface area (Å²) < 4.78 is 25.5. The van der Waals surface area contributed by atoms with E-state index >= 15 is 0 Å². The molecule has 186 valence electrons. The van der Waals surface area contributed by atoms with Crippen molar-refractivity contribution >= 4 is 67.3 Å². The monoisotopic (exact) mass is 556 g/mol. The molecule has 6 rings (SSSR count). The number of benzene rings is 3. The summed E-state index contributed by atoms with van der Waals surface area (Å²) in [6.45, 7) is 0.732. The molecule has 4 aromatic rings. The van der Waals surface area contributed by atoms with E-state index in [4.69, 9.17) is 32.7 Å². The lowest BCUT2D eigenvalue weighted by atomic mass is 9.95. The van der Waals surface area contributed by atoms with Crippen LogP contribution in [0.1, 0.15) is 17.2 Å². The average Bonchev–Trinajstić information content (AvgIpc) is 3.42. The van der Waals surface area contributed by atoms with Crippen molar-refractivity contribution in [2.45, 2.75) is 6.04 Å². The number of halogens is 3. The van der Waals surface area contributed by atoms with E-state index in [0.717, 1.165) is 11.3 Å². The van der Waals surface area contributed by atoms with Crippen molar-refractivity contribution in [3.63, 3.8) is 0 Å². The number of anilines is 1. The SMILES string of the molecule is O=C1C(=O)N(c2nc3ccc(F)cc3s2)C(c2ccc(Cl)c(Cl)c2)/C1=C(\O)c1ccc2c(c1)OCCO2. The lowest BCUT2D eigenvalue weighted by Crippen LogP contribution is -2.29. The maximum atomic E-state index is 13.8. The summed E-state index contributed by atoms with van der Waals surface area (Å²) in [5.41, 5.74) is 0.991. The predicted octanol–water partition coefficient (Wildman–Crippen LogP) is 6.14. The first-order chi connectivity index (χ1) is 17.8. The Balaban J connectivity index is 1.55. The second kappa shape index (κ2) is 9.02. The van der Waals surface area contributed by atoms with Crippen molar-refractivity contribution in [2.24, 2.45) is 0 Å². The molecule has 1 atom stereocenters. The highest BCUT2D eigenvalue weighted by molar-refractivity contribution is 7.22. The summed E-state index contributed by atoms with van der Waals surface area (Å²) in [4.78, 5) is 32.4. The van der Waals surface area contributed by atoms with Crippen LogP contribution in [0.3, 0.4) is 0 Å². The number of ketones is 1. The van der Waals surface area contributed by atoms with E-state index in [2.05, 4.69) is 4.98 Å². The molecule has 0 radical (unpaired) electrons. The number of aliphatic hydroxyl groups is 1. The molecule has 1 unspecified atom stereocenters. The normalized spacial score (nSPS) is 18.6. The summed E-state index contributed by atoms with van der Waals surface area (Å²) in [5, 5.41) is 12.0. The van der Waals surface area contributed by atoms with Crippen molar-refractivity contribution in [3.8, 4) is 11.5 Å². The first-order valence-electron chi connectivity index (χ1n) is 11.0. The van der Waals surface area contributed by atoms with Gasteiger partial charge in [-0.3, -0.25) is 14.5 Å². The molecule has 0 aliphatic carbocycles. The molecular formula is C26H15Cl2FN2O5S. The van der Waals surface area contributed by atoms with Crippen LogP contribution in [0, 0.1) is 5.82 Å². The molecule has 0 bridgehead atoms. The molecule has 7 nitrogen and oxygen atoms in total. The van der Waals surface area contributed by atoms with Crippen molar-refractivity contribution in [1.82, 2.24) is 4.98 Å². The summed E-state index contributed by atoms with van der Waals surface area (Å²) >= 11 is 13.4. The molecule has 0 saturated carbocycles. The molecule has 1 N–H and O–H groups in total. The van der Waals surface area contributed by atoms with E-state index in [1.165, 1.54) is 35.2 Å². The minimum Gasteiger partial charge on any atom is -0.507 e. The topological polar surface area (TPSA) is 89.0 Å². The van der Waals surface area contributed by atoms with Gasteiger partial charge in [0.25, 0.3) is 5.78 Å². The number of carbonyl (C=O) groups excluding carboxylic acids is 2. The molecule has 0 spiro atoms. The molecule has 37 heavy (non-hydrogen) atoms. The van der Waals surface area contributed by atoms with Crippen LogP contribution in [0.15, 0.2) is 60.2 Å². The number of hydrogen-bond donors (Lipinski definition) is 1. The summed E-state index contributed by atoms with van der Waals surface area (Å²) in [5.74, 6) is -1.75. The number of amides is 1. The third-order valence-electron chi connectivity index (χ3n) is 6.06. The van der Waals surface area contributed by atoms with Gasteiger partial charge in [0, 0.05) is 5.56 Å². The van der Waals surface area contributed by atoms with Gasteiger partial charge < -0.3 is 14.6 Å². The fraction of sp³-hybridized carbons (Fsp3) is 0.115. The molecular weight excluding hydrogens is 542 g/mol. The highest BCUT2D eigenvalue weighted by atomic mass is 35.5. The van der Waals surface area contributed by atoms with Gasteiger partial charge in [-0.15, -0.1) is 0 Å². The Morgan fingerprint density at radius 1 is 1.00 bits per heavy atom. The fourth-order valence-corrected chi connectivity index (χ4v) is 5.69. The van der Waals surface area contributed by atoms with E-state index in [1.54, 1.807) is 24.3 Å². The number of aliphatic hydroxyl groups excluding tert-OH is 1. The lowest BCUT2D eigenvalue weighted by molar-refractivity contribution is -0.132. The molecule has 1 fully saturated rings. The number of aromatic nitrogens is 1. The third-order valence-corrected chi connectivity index (χ3v) is 7.82. The van der Waals surface area contributed by atoms with E-state index in [0.29, 0.717) is 40.5 Å². The summed E-state index contributed by atoms with van der Waals surface area (Å²) in [6, 6.07) is 12.4. The van der Waals surface area contributed by atoms with Crippen molar-refractivity contribution < 1.29 is 28.6 Å². The number of fused-ring (bicyclic) bond motifs is 2. The summed E-state index contributed by atoms with van der Waals surface area (Å²) in [6.07, 6.45) is 0. The molecule has 1 saturated heterocycles. The average molecular weight is 557 g/mol. The smallest absolute Gasteiger partial charge is 0.301 e. The maximum Gasteiger partial charge on any atom is 0.301 e. The number of nitrogens with zero attached hydrogens (tertiary/aromatic N) is 2. The zero-order valence-electron chi connectivity index (χ0n) is 18.7. The number of hydrogen-bond acceptors (Lipinski definition) is 7. The number of carbonyl (C=O) groups is 2. The van der Waals surface area contributed by atoms with E-state index in [1.807, 2.05) is 0 Å². The van der Waals surface area contributed by atoms with Crippen LogP contribution >= 0.6 is 34.5 Å². The van der Waals surface area contributed by atoms with Crippen LogP contribution in [-0.4, -0.2) is 35.0 Å². The van der Waals surface area contributed by atoms with Gasteiger partial charge in [0.05, 0.1) is 31.9 Å². The van der Waals surface area contributed by atoms with Crippen molar-refractivity contribution in [1.29, 1.82) is 0 Å². The Bertz CT molecular complexity index is 1650. The van der Waals surface area contributed by atoms with Crippen LogP contribution in [0.25, 0.3) is 16.0 Å². The first-order valence-corrected chi connectivity index (χ1v) is 12.6. The van der Waals surface area contributed by atoms with Crippen LogP contribution in [0.5, 0.6) is 11.5 Å². The van der Waals surface area contributed by atoms with Gasteiger partial charge in [-0.1, -0.05) is 40.6 Å². The highest BCUT2D eigenvalue weighted by Gasteiger charge is 2.48. The molecule has 1 amide bonds. The highest BCUT2D eigenvalue weighted by Crippen LogP contribution is 2.46. The van der Waals surface area contributed by atoms with Gasteiger partial charge in [-0.25, -0.2) is 9.37 Å². The summed E-state index contributed by atoms with van der Waals surface area (Å²) in [7, 11) is 0. The largest absolute Gasteiger partial charge is 0.507 e. The van der Waals surface area contributed by atoms with Crippen molar-refractivity contribution in [3.05, 3.63) is 87.2 Å². The fourth-order valence-electron chi connectivity index (χ4n) is 4.36. The first kappa shape index (κ1) is 23.7. The lowest BCUT2D eigenvalue weighted by Gasteiger charge is -2.23. The molecule has 11 heteroatoms. The third kappa shape index (κ3) is 3.99. The van der Waals surface area contributed by atoms with Gasteiger partial charge in [0.15, 0.2) is 16.6 Å². The van der Waals surface area contributed by atoms with Crippen LogP contribution in [0.4, 0.5) is 9.52 Å². The second-order valence-electron chi connectivity index (χ2n) is 8.31. The number of ether oxygens (including phenoxy) is 2. The van der Waals surface area contributed by atoms with Gasteiger partial charge in [-0.2, -0.15) is 0 Å². The Labute approximate surface area is 223 Å². The minimum absolute atomic E-state index is 0.162. The Hall–Kier alpha value is -3.66. The van der Waals surface area contributed by atoms with Crippen LogP contribution < -0.4 is 14.4 Å². The number of thiazole rings is 1. The molecule has 1 aromatic heterocycles. The van der Waals surface area contributed by atoms with Crippen LogP contribution in [-0.2, 0) is 9.59 Å². The zero-order valence-corrected chi connectivity index (χ0v) is 21.0. The van der Waals surface area contributed by atoms with Gasteiger partial charge in [0.1, 0.15) is 24.8 Å². The van der Waals surface area contributed by atoms with E-state index in [-0.39, 0.29) is 26.3 Å². The molecule has 3 heterocycles. The standard InChI is InChI=1S/C26H15Cl2FN2O5S/c27-15-4-1-12(9-16(15)28)22-21(23(32)13-2-6-18-19(10-13)36-8-7-35-18)24(33)25(34)31(22)26-30-17-5-3-14(29)11-20(17)37-26/h1-6,9-11,22,32H,7-8H2/b23-21+. The van der Waals surface area contributed by atoms with Gasteiger partial charge >= 0.3 is 5.91 Å². The Morgan fingerprint density at radius 2 is 1.78 bits per heavy atom. The minimum atomic E-state index is -1.08. The van der Waals surface area contributed by atoms with Crippen LogP contribution in [0.2, 0.25) is 10.0 Å². The van der Waals surface area contributed by atoms with E-state index in [9.17, 15) is 19.1 Å². The molecule has 2 aliphatic heterocycles. The second-order valence-corrected chi connectivity index (χ2v) is 10.1. The van der Waals surface area contributed by atoms with Crippen molar-refractivity contribution in [2.75, 3.05) is 18.1 Å². The van der Waals surface area contributed by atoms with Gasteiger partial charge in [-0.05, 0) is 54.1 Å². The molecule has 3 aromatic carbocycles. The van der Waals surface area contributed by atoms with Gasteiger partial charge in [0.2, 0.25) is 0 Å². The quantitative estimate of drug-likeness (QED) is 0.185. The molecule has 2 aliphatic rings.